The predicted octanol–water partition coefficient (Wildman–Crippen LogP) is 2.73. The first-order chi connectivity index (χ1) is 11.7. The van der Waals surface area contributed by atoms with E-state index in [2.05, 4.69) is 5.32 Å². The van der Waals surface area contributed by atoms with E-state index in [1.165, 1.54) is 0 Å². The molecule has 0 radical (unpaired) electrons. The molecule has 1 N–H and O–H groups in total. The van der Waals surface area contributed by atoms with Gasteiger partial charge in [0, 0.05) is 25.3 Å². The Bertz CT molecular complexity index is 572. The van der Waals surface area contributed by atoms with Gasteiger partial charge in [-0.25, -0.2) is 4.79 Å². The summed E-state index contributed by atoms with van der Waals surface area (Å²) in [5, 5.41) is 3.02. The van der Waals surface area contributed by atoms with E-state index in [0.717, 1.165) is 55.9 Å². The smallest absolute Gasteiger partial charge is 0.318 e. The summed E-state index contributed by atoms with van der Waals surface area (Å²) in [6.07, 6.45) is 4.16. The zero-order valence-electron chi connectivity index (χ0n) is 14.4. The van der Waals surface area contributed by atoms with Crippen LogP contribution in [-0.4, -0.2) is 51.0 Å². The molecule has 6 heteroatoms. The van der Waals surface area contributed by atoms with Gasteiger partial charge < -0.3 is 24.4 Å². The molecule has 1 aromatic carbocycles. The van der Waals surface area contributed by atoms with Crippen LogP contribution in [0.4, 0.5) is 4.79 Å². The van der Waals surface area contributed by atoms with Gasteiger partial charge in [-0.3, -0.25) is 0 Å². The second kappa shape index (κ2) is 7.75. The van der Waals surface area contributed by atoms with Crippen molar-refractivity contribution in [2.75, 3.05) is 33.9 Å². The highest BCUT2D eigenvalue weighted by atomic mass is 16.5. The number of likely N-dealkylation sites (tertiary alicyclic amines) is 1. The van der Waals surface area contributed by atoms with E-state index in [-0.39, 0.29) is 18.2 Å². The molecule has 132 valence electrons. The van der Waals surface area contributed by atoms with Crippen LogP contribution in [0.3, 0.4) is 0 Å². The molecule has 2 unspecified atom stereocenters. The lowest BCUT2D eigenvalue weighted by atomic mass is 10.0. The molecular weight excluding hydrogens is 308 g/mol. The Morgan fingerprint density at radius 3 is 2.88 bits per heavy atom. The normalized spacial score (nSPS) is 23.3. The first-order valence-corrected chi connectivity index (χ1v) is 8.61. The molecule has 2 heterocycles. The van der Waals surface area contributed by atoms with Gasteiger partial charge in [0.1, 0.15) is 11.5 Å². The fourth-order valence-corrected chi connectivity index (χ4v) is 3.54. The number of hydrogen-bond donors (Lipinski definition) is 1. The van der Waals surface area contributed by atoms with E-state index in [1.54, 1.807) is 14.2 Å². The number of methoxy groups -OCH3 is 2. The largest absolute Gasteiger partial charge is 0.497 e. The van der Waals surface area contributed by atoms with Crippen molar-refractivity contribution in [3.05, 3.63) is 23.8 Å². The molecule has 0 spiro atoms. The highest BCUT2D eigenvalue weighted by Crippen LogP contribution is 2.38. The zero-order chi connectivity index (χ0) is 16.9. The molecule has 1 aromatic rings. The molecule has 0 saturated carbocycles. The van der Waals surface area contributed by atoms with E-state index in [0.29, 0.717) is 6.54 Å². The van der Waals surface area contributed by atoms with Gasteiger partial charge in [-0.2, -0.15) is 0 Å². The molecule has 0 bridgehead atoms. The number of hydrogen-bond acceptors (Lipinski definition) is 4. The maximum Gasteiger partial charge on any atom is 0.318 e. The number of benzene rings is 1. The molecule has 24 heavy (non-hydrogen) atoms. The maximum atomic E-state index is 12.6. The van der Waals surface area contributed by atoms with Crippen LogP contribution < -0.4 is 14.8 Å². The Morgan fingerprint density at radius 2 is 2.17 bits per heavy atom. The van der Waals surface area contributed by atoms with Gasteiger partial charge in [0.05, 0.1) is 26.4 Å². The lowest BCUT2D eigenvalue weighted by Gasteiger charge is -2.27. The van der Waals surface area contributed by atoms with Gasteiger partial charge in [0.2, 0.25) is 0 Å². The fraction of sp³-hybridized carbons (Fsp3) is 0.611. The van der Waals surface area contributed by atoms with Crippen LogP contribution >= 0.6 is 0 Å². The minimum Gasteiger partial charge on any atom is -0.497 e. The SMILES string of the molecule is COc1ccc(OC)c(C2CCCN2C(=O)NCC2CCCO2)c1. The summed E-state index contributed by atoms with van der Waals surface area (Å²) in [7, 11) is 3.30. The number of rotatable bonds is 5. The quantitative estimate of drug-likeness (QED) is 0.899. The lowest BCUT2D eigenvalue weighted by Crippen LogP contribution is -2.42. The topological polar surface area (TPSA) is 60.0 Å². The Balaban J connectivity index is 1.71. The highest BCUT2D eigenvalue weighted by molar-refractivity contribution is 5.75. The van der Waals surface area contributed by atoms with Crippen molar-refractivity contribution in [3.63, 3.8) is 0 Å². The highest BCUT2D eigenvalue weighted by Gasteiger charge is 2.32. The second-order valence-corrected chi connectivity index (χ2v) is 6.28. The third-order valence-corrected chi connectivity index (χ3v) is 4.81. The number of nitrogens with one attached hydrogen (secondary N) is 1. The summed E-state index contributed by atoms with van der Waals surface area (Å²) in [4.78, 5) is 14.5. The van der Waals surface area contributed by atoms with Crippen LogP contribution in [0.15, 0.2) is 18.2 Å². The van der Waals surface area contributed by atoms with E-state index in [4.69, 9.17) is 14.2 Å². The van der Waals surface area contributed by atoms with Gasteiger partial charge >= 0.3 is 6.03 Å². The van der Waals surface area contributed by atoms with Crippen molar-refractivity contribution < 1.29 is 19.0 Å². The van der Waals surface area contributed by atoms with E-state index < -0.39 is 0 Å². The molecule has 0 aromatic heterocycles. The van der Waals surface area contributed by atoms with Crippen molar-refractivity contribution in [1.82, 2.24) is 10.2 Å². The van der Waals surface area contributed by atoms with Crippen molar-refractivity contribution in [2.24, 2.45) is 0 Å². The van der Waals surface area contributed by atoms with Crippen LogP contribution in [0.5, 0.6) is 11.5 Å². The number of amides is 2. The summed E-state index contributed by atoms with van der Waals surface area (Å²) in [5.74, 6) is 1.57. The number of ether oxygens (including phenoxy) is 3. The first kappa shape index (κ1) is 16.9. The van der Waals surface area contributed by atoms with Gasteiger partial charge in [-0.15, -0.1) is 0 Å². The molecule has 2 atom stereocenters. The fourth-order valence-electron chi connectivity index (χ4n) is 3.54. The Morgan fingerprint density at radius 1 is 1.29 bits per heavy atom. The van der Waals surface area contributed by atoms with Gasteiger partial charge in [0.15, 0.2) is 0 Å². The summed E-state index contributed by atoms with van der Waals surface area (Å²) < 4.78 is 16.4. The summed E-state index contributed by atoms with van der Waals surface area (Å²) >= 11 is 0. The van der Waals surface area contributed by atoms with Crippen LogP contribution in [0.25, 0.3) is 0 Å². The van der Waals surface area contributed by atoms with E-state index in [9.17, 15) is 4.79 Å². The molecule has 3 rings (SSSR count). The van der Waals surface area contributed by atoms with Crippen LogP contribution in [0.1, 0.15) is 37.3 Å². The number of carbonyl (C=O) groups is 1. The third kappa shape index (κ3) is 3.59. The Kier molecular flexibility index (Phi) is 5.45. The molecule has 2 aliphatic heterocycles. The summed E-state index contributed by atoms with van der Waals surface area (Å²) in [6.45, 7) is 2.13. The van der Waals surface area contributed by atoms with Crippen molar-refractivity contribution >= 4 is 6.03 Å². The van der Waals surface area contributed by atoms with Crippen LogP contribution in [0, 0.1) is 0 Å². The number of carbonyl (C=O) groups excluding carboxylic acids is 1. The predicted molar refractivity (Wildman–Crippen MR) is 90.6 cm³/mol. The standard InChI is InChI=1S/C18H26N2O4/c1-22-13-7-8-17(23-2)15(11-13)16-6-3-9-20(16)18(21)19-12-14-5-4-10-24-14/h7-8,11,14,16H,3-6,9-10,12H2,1-2H3,(H,19,21). The average Bonchev–Trinajstić information content (AvgIpc) is 3.30. The minimum atomic E-state index is -0.0297. The van der Waals surface area contributed by atoms with Crippen LogP contribution in [0.2, 0.25) is 0 Å². The average molecular weight is 334 g/mol. The van der Waals surface area contributed by atoms with Gasteiger partial charge in [-0.1, -0.05) is 0 Å². The number of urea groups is 1. The molecule has 2 aliphatic rings. The van der Waals surface area contributed by atoms with Crippen molar-refractivity contribution in [1.29, 1.82) is 0 Å². The molecule has 2 amide bonds. The minimum absolute atomic E-state index is 0.0135. The molecule has 2 saturated heterocycles. The summed E-state index contributed by atoms with van der Waals surface area (Å²) in [5.41, 5.74) is 1.00. The zero-order valence-corrected chi connectivity index (χ0v) is 14.4. The van der Waals surface area contributed by atoms with E-state index in [1.807, 2.05) is 23.1 Å². The van der Waals surface area contributed by atoms with Crippen LogP contribution in [-0.2, 0) is 4.74 Å². The summed E-state index contributed by atoms with van der Waals surface area (Å²) in [6, 6.07) is 5.72. The lowest BCUT2D eigenvalue weighted by molar-refractivity contribution is 0.108. The number of nitrogens with zero attached hydrogens (tertiary/aromatic N) is 1. The van der Waals surface area contributed by atoms with Crippen molar-refractivity contribution in [3.8, 4) is 11.5 Å². The third-order valence-electron chi connectivity index (χ3n) is 4.81. The molecule has 6 nitrogen and oxygen atoms in total. The first-order valence-electron chi connectivity index (χ1n) is 8.61. The molecule has 2 fully saturated rings. The van der Waals surface area contributed by atoms with Gasteiger partial charge in [0.25, 0.3) is 0 Å². The molecule has 0 aliphatic carbocycles. The maximum absolute atomic E-state index is 12.6. The monoisotopic (exact) mass is 334 g/mol. The second-order valence-electron chi connectivity index (χ2n) is 6.28. The Labute approximate surface area is 143 Å². The van der Waals surface area contributed by atoms with E-state index >= 15 is 0 Å². The Hall–Kier alpha value is -1.95. The molecular formula is C18H26N2O4. The van der Waals surface area contributed by atoms with Gasteiger partial charge in [-0.05, 0) is 43.9 Å². The van der Waals surface area contributed by atoms with Crippen molar-refractivity contribution in [2.45, 2.75) is 37.8 Å².